The molecule has 7 heteroatoms. The Morgan fingerprint density at radius 2 is 1.82 bits per heavy atom. The number of aryl methyl sites for hydroxylation is 1. The van der Waals surface area contributed by atoms with E-state index in [4.69, 9.17) is 0 Å². The molecular formula is C15H21FN6. The first-order chi connectivity index (χ1) is 10.8. The van der Waals surface area contributed by atoms with Crippen LogP contribution in [0.2, 0.25) is 0 Å². The average Bonchev–Trinajstić information content (AvgIpc) is 3.08. The maximum absolute atomic E-state index is 14.1. The van der Waals surface area contributed by atoms with E-state index in [0.717, 1.165) is 32.1 Å². The zero-order chi connectivity index (χ0) is 15.2. The highest BCUT2D eigenvalue weighted by atomic mass is 19.1. The van der Waals surface area contributed by atoms with Crippen LogP contribution in [0.3, 0.4) is 0 Å². The van der Waals surface area contributed by atoms with Crippen LogP contribution in [0.4, 0.5) is 10.3 Å². The number of anilines is 1. The summed E-state index contributed by atoms with van der Waals surface area (Å²) in [7, 11) is 0. The molecule has 0 spiro atoms. The lowest BCUT2D eigenvalue weighted by molar-refractivity contribution is 0.171. The van der Waals surface area contributed by atoms with Crippen molar-refractivity contribution in [2.24, 2.45) is 0 Å². The van der Waals surface area contributed by atoms with Crippen molar-refractivity contribution in [2.75, 3.05) is 37.6 Å². The Hall–Kier alpha value is -2.02. The Morgan fingerprint density at radius 3 is 2.50 bits per heavy atom. The van der Waals surface area contributed by atoms with Gasteiger partial charge < -0.3 is 4.90 Å². The van der Waals surface area contributed by atoms with Gasteiger partial charge in [-0.2, -0.15) is 5.10 Å². The normalized spacial score (nSPS) is 17.6. The molecule has 0 aromatic carbocycles. The maximum atomic E-state index is 14.1. The summed E-state index contributed by atoms with van der Waals surface area (Å²) in [5.74, 6) is 0.762. The van der Waals surface area contributed by atoms with Crippen molar-refractivity contribution in [3.63, 3.8) is 0 Å². The highest BCUT2D eigenvalue weighted by Gasteiger charge is 2.21. The fourth-order valence-corrected chi connectivity index (χ4v) is 2.66. The third-order valence-electron chi connectivity index (χ3n) is 3.89. The molecule has 1 unspecified atom stereocenters. The molecule has 0 saturated carbocycles. The van der Waals surface area contributed by atoms with Crippen molar-refractivity contribution in [1.29, 1.82) is 0 Å². The summed E-state index contributed by atoms with van der Waals surface area (Å²) in [6.07, 6.45) is 6.78. The van der Waals surface area contributed by atoms with Crippen molar-refractivity contribution in [3.8, 4) is 0 Å². The standard InChI is InChI=1S/C15H21FN6/c16-14(3-8-22-7-2-6-19-22)13-20-9-11-21(12-10-20)15-17-4-1-5-18-15/h1-2,4-7,14H,3,8-13H2. The third kappa shape index (κ3) is 4.00. The second kappa shape index (κ2) is 7.31. The molecule has 0 N–H and O–H groups in total. The van der Waals surface area contributed by atoms with E-state index in [1.807, 2.05) is 18.3 Å². The minimum absolute atomic E-state index is 0.491. The molecule has 1 saturated heterocycles. The second-order valence-corrected chi connectivity index (χ2v) is 5.49. The van der Waals surface area contributed by atoms with Crippen LogP contribution in [0, 0.1) is 0 Å². The molecule has 0 amide bonds. The number of hydrogen-bond acceptors (Lipinski definition) is 5. The molecule has 2 aromatic rings. The monoisotopic (exact) mass is 304 g/mol. The van der Waals surface area contributed by atoms with Crippen molar-refractivity contribution < 1.29 is 4.39 Å². The largest absolute Gasteiger partial charge is 0.338 e. The Morgan fingerprint density at radius 1 is 1.05 bits per heavy atom. The summed E-state index contributed by atoms with van der Waals surface area (Å²) in [5.41, 5.74) is 0. The number of rotatable bonds is 6. The van der Waals surface area contributed by atoms with E-state index in [2.05, 4.69) is 24.9 Å². The van der Waals surface area contributed by atoms with Crippen LogP contribution in [0.15, 0.2) is 36.9 Å². The van der Waals surface area contributed by atoms with Gasteiger partial charge in [0, 0.05) is 64.1 Å². The first-order valence-electron chi connectivity index (χ1n) is 7.67. The van der Waals surface area contributed by atoms with E-state index in [1.165, 1.54) is 0 Å². The quantitative estimate of drug-likeness (QED) is 0.803. The van der Waals surface area contributed by atoms with Crippen molar-refractivity contribution in [1.82, 2.24) is 24.6 Å². The topological polar surface area (TPSA) is 50.1 Å². The smallest absolute Gasteiger partial charge is 0.225 e. The minimum atomic E-state index is -0.816. The van der Waals surface area contributed by atoms with Crippen molar-refractivity contribution in [2.45, 2.75) is 19.1 Å². The van der Waals surface area contributed by atoms with E-state index in [-0.39, 0.29) is 0 Å². The van der Waals surface area contributed by atoms with Gasteiger partial charge >= 0.3 is 0 Å². The fraction of sp³-hybridized carbons (Fsp3) is 0.533. The van der Waals surface area contributed by atoms with Crippen molar-refractivity contribution >= 4 is 5.95 Å². The molecule has 3 rings (SSSR count). The van der Waals surface area contributed by atoms with Gasteiger partial charge in [-0.25, -0.2) is 14.4 Å². The summed E-state index contributed by atoms with van der Waals surface area (Å²) in [6.45, 7) is 4.50. The number of alkyl halides is 1. The highest BCUT2D eigenvalue weighted by Crippen LogP contribution is 2.11. The Kier molecular flexibility index (Phi) is 4.95. The van der Waals surface area contributed by atoms with Gasteiger partial charge in [0.25, 0.3) is 0 Å². The van der Waals surface area contributed by atoms with Crippen LogP contribution < -0.4 is 4.90 Å². The van der Waals surface area contributed by atoms with Crippen LogP contribution in [-0.2, 0) is 6.54 Å². The van der Waals surface area contributed by atoms with Gasteiger partial charge in [-0.05, 0) is 18.6 Å². The Labute approximate surface area is 129 Å². The number of aromatic nitrogens is 4. The maximum Gasteiger partial charge on any atom is 0.225 e. The molecule has 0 bridgehead atoms. The van der Waals surface area contributed by atoms with Gasteiger partial charge in [-0.15, -0.1) is 0 Å². The lowest BCUT2D eigenvalue weighted by Crippen LogP contribution is -2.48. The summed E-state index contributed by atoms with van der Waals surface area (Å²) in [6, 6.07) is 3.67. The molecular weight excluding hydrogens is 283 g/mol. The second-order valence-electron chi connectivity index (χ2n) is 5.49. The molecule has 0 aliphatic carbocycles. The van der Waals surface area contributed by atoms with Gasteiger partial charge in [0.15, 0.2) is 0 Å². The summed E-state index contributed by atoms with van der Waals surface area (Å²) < 4.78 is 15.9. The third-order valence-corrected chi connectivity index (χ3v) is 3.89. The molecule has 6 nitrogen and oxygen atoms in total. The van der Waals surface area contributed by atoms with Gasteiger partial charge in [0.1, 0.15) is 6.17 Å². The lowest BCUT2D eigenvalue weighted by atomic mass is 10.2. The molecule has 3 heterocycles. The summed E-state index contributed by atoms with van der Waals surface area (Å²) in [5, 5.41) is 4.09. The minimum Gasteiger partial charge on any atom is -0.338 e. The zero-order valence-corrected chi connectivity index (χ0v) is 12.6. The van der Waals surface area contributed by atoms with Crippen LogP contribution in [0.25, 0.3) is 0 Å². The average molecular weight is 304 g/mol. The van der Waals surface area contributed by atoms with Crippen molar-refractivity contribution in [3.05, 3.63) is 36.9 Å². The lowest BCUT2D eigenvalue weighted by Gasteiger charge is -2.35. The van der Waals surface area contributed by atoms with Gasteiger partial charge in [0.2, 0.25) is 5.95 Å². The first-order valence-corrected chi connectivity index (χ1v) is 7.67. The van der Waals surface area contributed by atoms with Gasteiger partial charge in [0.05, 0.1) is 0 Å². The van der Waals surface area contributed by atoms with Crippen LogP contribution in [0.5, 0.6) is 0 Å². The Balaban J connectivity index is 1.40. The predicted octanol–water partition coefficient (Wildman–Crippen LogP) is 1.22. The molecule has 1 aliphatic rings. The van der Waals surface area contributed by atoms with E-state index < -0.39 is 6.17 Å². The van der Waals surface area contributed by atoms with Crippen LogP contribution in [0.1, 0.15) is 6.42 Å². The number of halogens is 1. The number of piperazine rings is 1. The SMILES string of the molecule is FC(CCn1cccn1)CN1CCN(c2ncccn2)CC1. The van der Waals surface area contributed by atoms with E-state index in [0.29, 0.717) is 19.5 Å². The van der Waals surface area contributed by atoms with Gasteiger partial charge in [-0.1, -0.05) is 0 Å². The number of nitrogens with zero attached hydrogens (tertiary/aromatic N) is 6. The fourth-order valence-electron chi connectivity index (χ4n) is 2.66. The highest BCUT2D eigenvalue weighted by molar-refractivity contribution is 5.29. The van der Waals surface area contributed by atoms with E-state index >= 15 is 0 Å². The molecule has 1 atom stereocenters. The number of hydrogen-bond donors (Lipinski definition) is 0. The summed E-state index contributed by atoms with van der Waals surface area (Å²) >= 11 is 0. The van der Waals surface area contributed by atoms with Crippen LogP contribution in [-0.4, -0.2) is 63.5 Å². The summed E-state index contributed by atoms with van der Waals surface area (Å²) in [4.78, 5) is 12.8. The molecule has 118 valence electrons. The molecule has 1 aliphatic heterocycles. The zero-order valence-electron chi connectivity index (χ0n) is 12.6. The molecule has 0 radical (unpaired) electrons. The van der Waals surface area contributed by atoms with E-state index in [1.54, 1.807) is 23.3 Å². The van der Waals surface area contributed by atoms with Crippen LogP contribution >= 0.6 is 0 Å². The molecule has 1 fully saturated rings. The first kappa shape index (κ1) is 14.9. The Bertz CT molecular complexity index is 538. The predicted molar refractivity (Wildman–Crippen MR) is 82.4 cm³/mol. The molecule has 22 heavy (non-hydrogen) atoms. The molecule has 2 aromatic heterocycles. The van der Waals surface area contributed by atoms with E-state index in [9.17, 15) is 4.39 Å². The van der Waals surface area contributed by atoms with Gasteiger partial charge in [-0.3, -0.25) is 9.58 Å².